The number of amides is 1. The Balaban J connectivity index is 1.20. The fourth-order valence-electron chi connectivity index (χ4n) is 6.16. The summed E-state index contributed by atoms with van der Waals surface area (Å²) in [5, 5.41) is 0. The lowest BCUT2D eigenvalue weighted by Crippen LogP contribution is -2.58. The van der Waals surface area contributed by atoms with Crippen LogP contribution in [-0.2, 0) is 15.1 Å². The van der Waals surface area contributed by atoms with Gasteiger partial charge >= 0.3 is 6.09 Å². The number of rotatable bonds is 4. The highest BCUT2D eigenvalue weighted by atomic mass is 19.1. The number of ether oxygens (including phenoxy) is 2. The number of pyridine rings is 1. The zero-order valence-electron chi connectivity index (χ0n) is 19.4. The minimum atomic E-state index is -1.56. The minimum Gasteiger partial charge on any atom is -0.450 e. The van der Waals surface area contributed by atoms with Crippen molar-refractivity contribution in [2.45, 2.75) is 50.7 Å². The molecule has 0 N–H and O–H groups in total. The van der Waals surface area contributed by atoms with Gasteiger partial charge in [-0.15, -0.1) is 0 Å². The summed E-state index contributed by atoms with van der Waals surface area (Å²) < 4.78 is 40.3. The van der Waals surface area contributed by atoms with Gasteiger partial charge in [-0.2, -0.15) is 0 Å². The molecule has 1 aromatic rings. The number of hydrogen-bond donors (Lipinski definition) is 0. The van der Waals surface area contributed by atoms with Gasteiger partial charge in [-0.25, -0.2) is 13.6 Å². The molecule has 4 heterocycles. The molecule has 1 aliphatic carbocycles. The summed E-state index contributed by atoms with van der Waals surface area (Å²) in [6.07, 6.45) is 4.81. The highest BCUT2D eigenvalue weighted by Gasteiger charge is 2.51. The van der Waals surface area contributed by atoms with E-state index in [1.165, 1.54) is 6.07 Å². The van der Waals surface area contributed by atoms with E-state index in [9.17, 15) is 9.18 Å². The number of alkyl halides is 1. The van der Waals surface area contributed by atoms with E-state index in [-0.39, 0.29) is 24.3 Å². The zero-order valence-corrected chi connectivity index (χ0v) is 19.4. The Bertz CT molecular complexity index is 865. The molecule has 3 aliphatic heterocycles. The van der Waals surface area contributed by atoms with E-state index in [0.717, 1.165) is 64.7 Å². The fraction of sp³-hybridized carbons (Fsp3) is 0.750. The van der Waals surface area contributed by atoms with E-state index in [1.54, 1.807) is 0 Å². The maximum absolute atomic E-state index is 15.7. The molecule has 1 spiro atoms. The van der Waals surface area contributed by atoms with E-state index in [4.69, 9.17) is 9.47 Å². The van der Waals surface area contributed by atoms with Crippen molar-refractivity contribution in [3.05, 3.63) is 23.8 Å². The molecule has 9 heteroatoms. The van der Waals surface area contributed by atoms with Crippen LogP contribution in [0, 0.1) is 11.2 Å². The lowest BCUT2D eigenvalue weighted by molar-refractivity contribution is -0.0136. The van der Waals surface area contributed by atoms with Gasteiger partial charge in [0.25, 0.3) is 0 Å². The second-order valence-electron chi connectivity index (χ2n) is 10.1. The second-order valence-corrected chi connectivity index (χ2v) is 10.1. The molecule has 1 atom stereocenters. The van der Waals surface area contributed by atoms with Crippen molar-refractivity contribution in [1.82, 2.24) is 14.8 Å². The van der Waals surface area contributed by atoms with Crippen LogP contribution in [-0.4, -0.2) is 86.0 Å². The van der Waals surface area contributed by atoms with Crippen molar-refractivity contribution in [2.75, 3.05) is 64.0 Å². The molecule has 5 rings (SSSR count). The predicted octanol–water partition coefficient (Wildman–Crippen LogP) is 3.33. The Morgan fingerprint density at radius 3 is 2.64 bits per heavy atom. The molecule has 4 aliphatic rings. The van der Waals surface area contributed by atoms with Gasteiger partial charge in [-0.3, -0.25) is 9.88 Å². The van der Waals surface area contributed by atoms with E-state index in [1.807, 2.05) is 11.8 Å². The summed E-state index contributed by atoms with van der Waals surface area (Å²) in [6.45, 7) is 7.73. The highest BCUT2D eigenvalue weighted by molar-refractivity contribution is 5.69. The van der Waals surface area contributed by atoms with Crippen LogP contribution in [0.2, 0.25) is 0 Å². The van der Waals surface area contributed by atoms with Gasteiger partial charge in [0.05, 0.1) is 31.7 Å². The average Bonchev–Trinajstić information content (AvgIpc) is 3.25. The molecular weight excluding hydrogens is 430 g/mol. The van der Waals surface area contributed by atoms with Crippen molar-refractivity contribution in [3.63, 3.8) is 0 Å². The molecular formula is C24H34F2N4O3. The SMILES string of the molecule is CCOC(=O)N1CC2(CC[C@@H](N3CCN(c4cc(F)cnc4C4(F)CCOCC4)CC3)C2)C1. The molecule has 4 fully saturated rings. The summed E-state index contributed by atoms with van der Waals surface area (Å²) in [7, 11) is 0. The van der Waals surface area contributed by atoms with E-state index < -0.39 is 11.5 Å². The quantitative estimate of drug-likeness (QED) is 0.682. The molecule has 0 radical (unpaired) electrons. The third kappa shape index (κ3) is 4.41. The summed E-state index contributed by atoms with van der Waals surface area (Å²) in [6, 6.07) is 1.95. The Morgan fingerprint density at radius 2 is 1.94 bits per heavy atom. The second kappa shape index (κ2) is 8.98. The smallest absolute Gasteiger partial charge is 0.409 e. The predicted molar refractivity (Wildman–Crippen MR) is 119 cm³/mol. The summed E-state index contributed by atoms with van der Waals surface area (Å²) in [5.41, 5.74) is -0.386. The molecule has 0 bridgehead atoms. The number of anilines is 1. The molecule has 182 valence electrons. The van der Waals surface area contributed by atoms with Crippen LogP contribution in [0.15, 0.2) is 12.3 Å². The number of halogens is 2. The fourth-order valence-corrected chi connectivity index (χ4v) is 6.16. The summed E-state index contributed by atoms with van der Waals surface area (Å²) in [5.74, 6) is -0.430. The third-order valence-corrected chi connectivity index (χ3v) is 7.97. The van der Waals surface area contributed by atoms with Gasteiger partial charge in [0.1, 0.15) is 11.5 Å². The maximum Gasteiger partial charge on any atom is 0.409 e. The lowest BCUT2D eigenvalue weighted by atomic mass is 9.78. The molecule has 1 aromatic heterocycles. The first kappa shape index (κ1) is 22.8. The van der Waals surface area contributed by atoms with Crippen LogP contribution >= 0.6 is 0 Å². The van der Waals surface area contributed by atoms with Crippen molar-refractivity contribution < 1.29 is 23.0 Å². The molecule has 1 saturated carbocycles. The summed E-state index contributed by atoms with van der Waals surface area (Å²) >= 11 is 0. The number of carbonyl (C=O) groups excluding carboxylic acids is 1. The lowest BCUT2D eigenvalue weighted by Gasteiger charge is -2.48. The van der Waals surface area contributed by atoms with Crippen LogP contribution in [0.1, 0.15) is 44.7 Å². The first-order valence-electron chi connectivity index (χ1n) is 12.2. The number of carbonyl (C=O) groups is 1. The van der Waals surface area contributed by atoms with Gasteiger partial charge in [0.15, 0.2) is 5.67 Å². The minimum absolute atomic E-state index is 0.199. The highest BCUT2D eigenvalue weighted by Crippen LogP contribution is 2.47. The van der Waals surface area contributed by atoms with Gasteiger partial charge in [-0.1, -0.05) is 0 Å². The molecule has 0 aromatic carbocycles. The van der Waals surface area contributed by atoms with Crippen molar-refractivity contribution in [2.24, 2.45) is 5.41 Å². The van der Waals surface area contributed by atoms with Crippen molar-refractivity contribution >= 4 is 11.8 Å². The molecule has 33 heavy (non-hydrogen) atoms. The van der Waals surface area contributed by atoms with Crippen LogP contribution in [0.25, 0.3) is 0 Å². The van der Waals surface area contributed by atoms with Crippen LogP contribution in [0.5, 0.6) is 0 Å². The van der Waals surface area contributed by atoms with Gasteiger partial charge in [-0.05, 0) is 26.2 Å². The first-order chi connectivity index (χ1) is 15.9. The summed E-state index contributed by atoms with van der Waals surface area (Å²) in [4.78, 5) is 22.6. The normalized spacial score (nSPS) is 26.9. The van der Waals surface area contributed by atoms with Crippen molar-refractivity contribution in [1.29, 1.82) is 0 Å². The Hall–Kier alpha value is -2.00. The zero-order chi connectivity index (χ0) is 23.1. The van der Waals surface area contributed by atoms with Crippen LogP contribution < -0.4 is 4.90 Å². The standard InChI is InChI=1S/C24H34F2N4O3/c1-2-33-22(31)30-16-23(17-30)4-3-19(14-23)28-7-9-29(10-8-28)20-13-18(25)15-27-21(20)24(26)5-11-32-12-6-24/h13,15,19H,2-12,14,16-17H2,1H3/t19-/m1/s1. The number of aromatic nitrogens is 1. The van der Waals surface area contributed by atoms with Crippen molar-refractivity contribution in [3.8, 4) is 0 Å². The maximum atomic E-state index is 15.7. The Morgan fingerprint density at radius 1 is 1.21 bits per heavy atom. The third-order valence-electron chi connectivity index (χ3n) is 7.97. The molecule has 1 amide bonds. The molecule has 3 saturated heterocycles. The average molecular weight is 465 g/mol. The van der Waals surface area contributed by atoms with Crippen LogP contribution in [0.3, 0.4) is 0 Å². The largest absolute Gasteiger partial charge is 0.450 e. The Kier molecular flexibility index (Phi) is 6.20. The van der Waals surface area contributed by atoms with Gasteiger partial charge in [0.2, 0.25) is 0 Å². The molecule has 7 nitrogen and oxygen atoms in total. The molecule has 0 unspecified atom stereocenters. The van der Waals surface area contributed by atoms with Crippen LogP contribution in [0.4, 0.5) is 19.3 Å². The first-order valence-corrected chi connectivity index (χ1v) is 12.2. The number of piperazine rings is 1. The van der Waals surface area contributed by atoms with E-state index in [0.29, 0.717) is 37.2 Å². The Labute approximate surface area is 194 Å². The van der Waals surface area contributed by atoms with E-state index in [2.05, 4.69) is 14.8 Å². The number of hydrogen-bond acceptors (Lipinski definition) is 6. The topological polar surface area (TPSA) is 58.1 Å². The van der Waals surface area contributed by atoms with E-state index >= 15 is 4.39 Å². The van der Waals surface area contributed by atoms with Gasteiger partial charge < -0.3 is 19.3 Å². The number of nitrogens with zero attached hydrogens (tertiary/aromatic N) is 4. The van der Waals surface area contributed by atoms with Gasteiger partial charge in [0, 0.05) is 69.6 Å². The number of likely N-dealkylation sites (tertiary alicyclic amines) is 1. The monoisotopic (exact) mass is 464 g/mol.